The molecule has 0 amide bonds. The number of rotatable bonds is 5. The molecule has 0 spiro atoms. The molecule has 0 aromatic carbocycles. The molecule has 1 fully saturated rings. The molecule has 1 aromatic heterocycles. The van der Waals surface area contributed by atoms with Crippen LogP contribution in [0, 0.1) is 0 Å². The Morgan fingerprint density at radius 1 is 1.39 bits per heavy atom. The molecule has 0 atom stereocenters. The first-order valence-electron chi connectivity index (χ1n) is 6.03. The molecule has 5 nitrogen and oxygen atoms in total. The fourth-order valence-electron chi connectivity index (χ4n) is 2.12. The molecule has 2 rings (SSSR count). The van der Waals surface area contributed by atoms with Crippen LogP contribution >= 0.6 is 0 Å². The molecule has 100 valence electrons. The Kier molecular flexibility index (Phi) is 3.33. The average Bonchev–Trinajstić information content (AvgIpc) is 2.95. The van der Waals surface area contributed by atoms with Crippen LogP contribution in [0.4, 0.5) is 5.69 Å². The van der Waals surface area contributed by atoms with E-state index >= 15 is 0 Å². The molecule has 1 aliphatic carbocycles. The van der Waals surface area contributed by atoms with Crippen LogP contribution in [0.15, 0.2) is 18.3 Å². The first-order valence-corrected chi connectivity index (χ1v) is 7.92. The van der Waals surface area contributed by atoms with Gasteiger partial charge < -0.3 is 5.32 Å². The Labute approximate surface area is 108 Å². The number of nitrogens with one attached hydrogen (secondary N) is 2. The lowest BCUT2D eigenvalue weighted by atomic mass is 10.1. The Bertz CT molecular complexity index is 536. The van der Waals surface area contributed by atoms with E-state index in [4.69, 9.17) is 0 Å². The largest absolute Gasteiger partial charge is 0.304 e. The van der Waals surface area contributed by atoms with Crippen molar-refractivity contribution in [3.8, 4) is 0 Å². The van der Waals surface area contributed by atoms with Crippen molar-refractivity contribution in [2.75, 3.05) is 11.0 Å². The highest BCUT2D eigenvalue weighted by molar-refractivity contribution is 7.92. The van der Waals surface area contributed by atoms with Gasteiger partial charge in [-0.15, -0.1) is 0 Å². The standard InChI is InChI=1S/C12H19N3O2S/c1-9(2)14-12(5-6-12)11-8-10(4-7-13-11)15-18(3,16)17/h4,7-9,14H,5-6H2,1-3H3,(H,13,15). The number of anilines is 1. The van der Waals surface area contributed by atoms with Crippen LogP contribution in [0.1, 0.15) is 32.4 Å². The third-order valence-corrected chi connectivity index (χ3v) is 3.47. The fourth-order valence-corrected chi connectivity index (χ4v) is 2.68. The first-order chi connectivity index (χ1) is 8.31. The highest BCUT2D eigenvalue weighted by Crippen LogP contribution is 2.45. The zero-order valence-electron chi connectivity index (χ0n) is 10.9. The molecule has 1 heterocycles. The van der Waals surface area contributed by atoms with Gasteiger partial charge in [0.2, 0.25) is 10.0 Å². The topological polar surface area (TPSA) is 71.1 Å². The molecule has 1 saturated carbocycles. The van der Waals surface area contributed by atoms with Gasteiger partial charge in [-0.25, -0.2) is 8.42 Å². The van der Waals surface area contributed by atoms with Gasteiger partial charge in [-0.1, -0.05) is 0 Å². The van der Waals surface area contributed by atoms with Gasteiger partial charge in [0.25, 0.3) is 0 Å². The molecule has 0 radical (unpaired) electrons. The minimum Gasteiger partial charge on any atom is -0.304 e. The summed E-state index contributed by atoms with van der Waals surface area (Å²) in [5.41, 5.74) is 1.41. The van der Waals surface area contributed by atoms with Crippen molar-refractivity contribution in [1.82, 2.24) is 10.3 Å². The lowest BCUT2D eigenvalue weighted by molar-refractivity contribution is 0.452. The molecule has 0 saturated heterocycles. The van der Waals surface area contributed by atoms with Crippen LogP contribution in [0.3, 0.4) is 0 Å². The smallest absolute Gasteiger partial charge is 0.229 e. The summed E-state index contributed by atoms with van der Waals surface area (Å²) in [5, 5.41) is 3.50. The van der Waals surface area contributed by atoms with E-state index in [2.05, 4.69) is 28.9 Å². The van der Waals surface area contributed by atoms with Crippen LogP contribution in [0.25, 0.3) is 0 Å². The fraction of sp³-hybridized carbons (Fsp3) is 0.583. The van der Waals surface area contributed by atoms with Gasteiger partial charge >= 0.3 is 0 Å². The van der Waals surface area contributed by atoms with Gasteiger partial charge in [-0.2, -0.15) is 0 Å². The highest BCUT2D eigenvalue weighted by Gasteiger charge is 2.45. The summed E-state index contributed by atoms with van der Waals surface area (Å²) in [4.78, 5) is 4.36. The summed E-state index contributed by atoms with van der Waals surface area (Å²) in [6.45, 7) is 4.19. The van der Waals surface area contributed by atoms with Crippen LogP contribution in [-0.2, 0) is 15.6 Å². The van der Waals surface area contributed by atoms with E-state index in [0.29, 0.717) is 11.7 Å². The van der Waals surface area contributed by atoms with Crippen molar-refractivity contribution < 1.29 is 8.42 Å². The monoisotopic (exact) mass is 269 g/mol. The van der Waals surface area contributed by atoms with E-state index in [1.54, 1.807) is 12.3 Å². The lowest BCUT2D eigenvalue weighted by Crippen LogP contribution is -2.35. The quantitative estimate of drug-likeness (QED) is 0.848. The Balaban J connectivity index is 2.23. The lowest BCUT2D eigenvalue weighted by Gasteiger charge is -2.20. The van der Waals surface area contributed by atoms with E-state index in [9.17, 15) is 8.42 Å². The molecule has 18 heavy (non-hydrogen) atoms. The van der Waals surface area contributed by atoms with Crippen LogP contribution in [0.2, 0.25) is 0 Å². The third kappa shape index (κ3) is 3.20. The van der Waals surface area contributed by atoms with Gasteiger partial charge in [-0.3, -0.25) is 9.71 Å². The average molecular weight is 269 g/mol. The molecular formula is C12H19N3O2S. The number of pyridine rings is 1. The summed E-state index contributed by atoms with van der Waals surface area (Å²) < 4.78 is 24.9. The summed E-state index contributed by atoms with van der Waals surface area (Å²) in [5.74, 6) is 0. The van der Waals surface area contributed by atoms with Crippen molar-refractivity contribution >= 4 is 15.7 Å². The minimum absolute atomic E-state index is 0.0661. The van der Waals surface area contributed by atoms with E-state index in [1.165, 1.54) is 0 Å². The van der Waals surface area contributed by atoms with Gasteiger partial charge in [0.15, 0.2) is 0 Å². The third-order valence-electron chi connectivity index (χ3n) is 2.87. The van der Waals surface area contributed by atoms with Crippen molar-refractivity contribution in [3.63, 3.8) is 0 Å². The van der Waals surface area contributed by atoms with E-state index in [0.717, 1.165) is 24.8 Å². The summed E-state index contributed by atoms with van der Waals surface area (Å²) in [7, 11) is -3.24. The molecule has 1 aromatic rings. The second-order valence-electron chi connectivity index (χ2n) is 5.19. The van der Waals surface area contributed by atoms with Crippen LogP contribution < -0.4 is 10.0 Å². The molecule has 0 aliphatic heterocycles. The molecular weight excluding hydrogens is 250 g/mol. The van der Waals surface area contributed by atoms with Gasteiger partial charge in [-0.05, 0) is 38.8 Å². The zero-order valence-corrected chi connectivity index (χ0v) is 11.7. The number of sulfonamides is 1. The number of hydrogen-bond acceptors (Lipinski definition) is 4. The molecule has 0 unspecified atom stereocenters. The van der Waals surface area contributed by atoms with Crippen molar-refractivity contribution in [3.05, 3.63) is 24.0 Å². The number of nitrogens with zero attached hydrogens (tertiary/aromatic N) is 1. The highest BCUT2D eigenvalue weighted by atomic mass is 32.2. The minimum atomic E-state index is -3.24. The normalized spacial score (nSPS) is 17.8. The van der Waals surface area contributed by atoms with Crippen molar-refractivity contribution in [1.29, 1.82) is 0 Å². The van der Waals surface area contributed by atoms with Gasteiger partial charge in [0.1, 0.15) is 0 Å². The molecule has 0 bridgehead atoms. The van der Waals surface area contributed by atoms with Gasteiger partial charge in [0, 0.05) is 12.2 Å². The van der Waals surface area contributed by atoms with E-state index in [-0.39, 0.29) is 5.54 Å². The molecule has 1 aliphatic rings. The Morgan fingerprint density at radius 2 is 2.06 bits per heavy atom. The predicted molar refractivity (Wildman–Crippen MR) is 71.9 cm³/mol. The van der Waals surface area contributed by atoms with Gasteiger partial charge in [0.05, 0.1) is 23.2 Å². The van der Waals surface area contributed by atoms with Crippen molar-refractivity contribution in [2.24, 2.45) is 0 Å². The maximum absolute atomic E-state index is 11.2. The zero-order chi connectivity index (χ0) is 13.4. The Morgan fingerprint density at radius 3 is 2.56 bits per heavy atom. The molecule has 6 heteroatoms. The number of hydrogen-bond donors (Lipinski definition) is 2. The maximum atomic E-state index is 11.2. The second-order valence-corrected chi connectivity index (χ2v) is 6.93. The van der Waals surface area contributed by atoms with Crippen LogP contribution in [-0.4, -0.2) is 25.7 Å². The number of aromatic nitrogens is 1. The predicted octanol–water partition coefficient (Wildman–Crippen LogP) is 1.44. The maximum Gasteiger partial charge on any atom is 0.229 e. The first kappa shape index (κ1) is 13.3. The van der Waals surface area contributed by atoms with E-state index in [1.807, 2.05) is 6.07 Å². The summed E-state index contributed by atoms with van der Waals surface area (Å²) in [6, 6.07) is 3.85. The van der Waals surface area contributed by atoms with Crippen molar-refractivity contribution in [2.45, 2.75) is 38.3 Å². The summed E-state index contributed by atoms with van der Waals surface area (Å²) >= 11 is 0. The second kappa shape index (κ2) is 4.51. The SMILES string of the molecule is CC(C)NC1(c2cc(NS(C)(=O)=O)ccn2)CC1. The van der Waals surface area contributed by atoms with E-state index < -0.39 is 10.0 Å². The summed E-state index contributed by atoms with van der Waals surface area (Å²) in [6.07, 6.45) is 4.87. The van der Waals surface area contributed by atoms with Crippen LogP contribution in [0.5, 0.6) is 0 Å². The molecule has 2 N–H and O–H groups in total. The Hall–Kier alpha value is -1.14.